The maximum atomic E-state index is 12.2. The fraction of sp³-hybridized carbons (Fsp3) is 0.438. The van der Waals surface area contributed by atoms with Crippen LogP contribution >= 0.6 is 0 Å². The Labute approximate surface area is 143 Å². The number of hydrogen-bond donors (Lipinski definition) is 2. The summed E-state index contributed by atoms with van der Waals surface area (Å²) in [4.78, 5) is 46.5. The van der Waals surface area contributed by atoms with Crippen LogP contribution in [-0.2, 0) is 4.79 Å². The average molecular weight is 349 g/mol. The normalized spacial score (nSPS) is 14.8. The van der Waals surface area contributed by atoms with Crippen molar-refractivity contribution in [2.45, 2.75) is 19.8 Å². The topological polar surface area (TPSA) is 130 Å². The molecule has 134 valence electrons. The van der Waals surface area contributed by atoms with E-state index in [1.54, 1.807) is 4.90 Å². The summed E-state index contributed by atoms with van der Waals surface area (Å²) in [5, 5.41) is 22.6. The lowest BCUT2D eigenvalue weighted by atomic mass is 9.96. The molecule has 0 aromatic heterocycles. The largest absolute Gasteiger partial charge is 0.478 e. The van der Waals surface area contributed by atoms with Crippen molar-refractivity contribution in [1.82, 2.24) is 10.2 Å². The van der Waals surface area contributed by atoms with Gasteiger partial charge in [0.25, 0.3) is 11.6 Å². The number of aromatic carboxylic acids is 1. The third-order valence-corrected chi connectivity index (χ3v) is 4.25. The zero-order chi connectivity index (χ0) is 18.6. The molecule has 0 unspecified atom stereocenters. The highest BCUT2D eigenvalue weighted by molar-refractivity contribution is 5.98. The molecule has 0 atom stereocenters. The fourth-order valence-electron chi connectivity index (χ4n) is 2.76. The second kappa shape index (κ2) is 7.73. The highest BCUT2D eigenvalue weighted by atomic mass is 16.6. The number of nitrogens with one attached hydrogen (secondary N) is 1. The van der Waals surface area contributed by atoms with Gasteiger partial charge in [0.05, 0.1) is 10.5 Å². The molecule has 1 saturated heterocycles. The highest BCUT2D eigenvalue weighted by Gasteiger charge is 2.22. The number of carboxylic acid groups (broad SMARTS) is 1. The van der Waals surface area contributed by atoms with Crippen molar-refractivity contribution in [3.8, 4) is 0 Å². The highest BCUT2D eigenvalue weighted by Crippen LogP contribution is 2.19. The Morgan fingerprint density at radius 2 is 1.84 bits per heavy atom. The van der Waals surface area contributed by atoms with Crippen LogP contribution in [0.5, 0.6) is 0 Å². The summed E-state index contributed by atoms with van der Waals surface area (Å²) < 4.78 is 0. The molecule has 0 aliphatic carbocycles. The minimum atomic E-state index is -1.34. The number of piperidine rings is 1. The Kier molecular flexibility index (Phi) is 5.68. The van der Waals surface area contributed by atoms with Crippen LogP contribution in [0, 0.1) is 16.0 Å². The minimum Gasteiger partial charge on any atom is -0.478 e. The van der Waals surface area contributed by atoms with Crippen molar-refractivity contribution < 1.29 is 24.4 Å². The minimum absolute atomic E-state index is 0.0280. The molecule has 2 rings (SSSR count). The first-order chi connectivity index (χ1) is 11.8. The van der Waals surface area contributed by atoms with E-state index in [9.17, 15) is 24.5 Å². The van der Waals surface area contributed by atoms with E-state index in [2.05, 4.69) is 5.32 Å². The summed E-state index contributed by atoms with van der Waals surface area (Å²) in [5.41, 5.74) is -0.818. The van der Waals surface area contributed by atoms with E-state index in [1.807, 2.05) is 0 Å². The number of carboxylic acids is 1. The van der Waals surface area contributed by atoms with E-state index in [1.165, 1.54) is 6.92 Å². The number of likely N-dealkylation sites (tertiary alicyclic amines) is 1. The molecule has 0 bridgehead atoms. The van der Waals surface area contributed by atoms with Gasteiger partial charge in [0, 0.05) is 44.3 Å². The molecule has 2 amide bonds. The molecule has 9 heteroatoms. The number of carbonyl (C=O) groups excluding carboxylic acids is 2. The van der Waals surface area contributed by atoms with E-state index >= 15 is 0 Å². The predicted octanol–water partition coefficient (Wildman–Crippen LogP) is 1.28. The first kappa shape index (κ1) is 18.4. The van der Waals surface area contributed by atoms with Crippen molar-refractivity contribution in [1.29, 1.82) is 0 Å². The molecule has 25 heavy (non-hydrogen) atoms. The first-order valence-electron chi connectivity index (χ1n) is 7.84. The average Bonchev–Trinajstić information content (AvgIpc) is 2.59. The lowest BCUT2D eigenvalue weighted by Crippen LogP contribution is -2.40. The van der Waals surface area contributed by atoms with Crippen molar-refractivity contribution in [3.05, 3.63) is 39.4 Å². The number of nitrogens with zero attached hydrogens (tertiary/aromatic N) is 2. The maximum absolute atomic E-state index is 12.2. The second-order valence-electron chi connectivity index (χ2n) is 5.99. The summed E-state index contributed by atoms with van der Waals surface area (Å²) in [6.07, 6.45) is 1.52. The Bertz CT molecular complexity index is 678. The maximum Gasteiger partial charge on any atom is 0.335 e. The van der Waals surface area contributed by atoms with Crippen LogP contribution in [0.1, 0.15) is 40.5 Å². The van der Waals surface area contributed by atoms with Gasteiger partial charge in [0.15, 0.2) is 0 Å². The van der Waals surface area contributed by atoms with Crippen LogP contribution in [0.2, 0.25) is 0 Å². The molecule has 1 heterocycles. The van der Waals surface area contributed by atoms with Crippen molar-refractivity contribution in [2.24, 2.45) is 5.92 Å². The van der Waals surface area contributed by atoms with Gasteiger partial charge in [-0.1, -0.05) is 0 Å². The van der Waals surface area contributed by atoms with E-state index in [4.69, 9.17) is 5.11 Å². The fourth-order valence-corrected chi connectivity index (χ4v) is 2.76. The molecule has 1 fully saturated rings. The van der Waals surface area contributed by atoms with Crippen LogP contribution in [0.4, 0.5) is 5.69 Å². The summed E-state index contributed by atoms with van der Waals surface area (Å²) in [5.74, 6) is -1.66. The lowest BCUT2D eigenvalue weighted by Gasteiger charge is -2.31. The SMILES string of the molecule is CC(=O)N1CCC(CNC(=O)c2cc(C(=O)O)cc([N+](=O)[O-])c2)CC1. The van der Waals surface area contributed by atoms with E-state index in [0.29, 0.717) is 19.6 Å². The molecule has 9 nitrogen and oxygen atoms in total. The summed E-state index contributed by atoms with van der Waals surface area (Å²) in [7, 11) is 0. The third-order valence-electron chi connectivity index (χ3n) is 4.25. The zero-order valence-corrected chi connectivity index (χ0v) is 13.7. The van der Waals surface area contributed by atoms with Crippen molar-refractivity contribution in [2.75, 3.05) is 19.6 Å². The molecular formula is C16H19N3O6. The van der Waals surface area contributed by atoms with Gasteiger partial charge >= 0.3 is 5.97 Å². The summed E-state index contributed by atoms with van der Waals surface area (Å²) in [6, 6.07) is 3.08. The van der Waals surface area contributed by atoms with E-state index in [0.717, 1.165) is 31.0 Å². The second-order valence-corrected chi connectivity index (χ2v) is 5.99. The standard InChI is InChI=1S/C16H19N3O6/c1-10(20)18-4-2-11(3-5-18)9-17-15(21)12-6-13(16(22)23)8-14(7-12)19(24)25/h6-8,11H,2-5,9H2,1H3,(H,17,21)(H,22,23). The van der Waals surface area contributed by atoms with Gasteiger partial charge in [-0.15, -0.1) is 0 Å². The van der Waals surface area contributed by atoms with Crippen molar-refractivity contribution in [3.63, 3.8) is 0 Å². The Morgan fingerprint density at radius 3 is 2.36 bits per heavy atom. The number of carbonyl (C=O) groups is 3. The van der Waals surface area contributed by atoms with Gasteiger partial charge in [-0.25, -0.2) is 4.79 Å². The van der Waals surface area contributed by atoms with Crippen LogP contribution in [0.15, 0.2) is 18.2 Å². The number of benzene rings is 1. The predicted molar refractivity (Wildman–Crippen MR) is 87.4 cm³/mol. The number of hydrogen-bond acceptors (Lipinski definition) is 5. The lowest BCUT2D eigenvalue weighted by molar-refractivity contribution is -0.384. The number of non-ortho nitro benzene ring substituents is 1. The van der Waals surface area contributed by atoms with Crippen LogP contribution < -0.4 is 5.32 Å². The molecule has 1 aromatic carbocycles. The number of nitro benzene ring substituents is 1. The molecule has 0 radical (unpaired) electrons. The van der Waals surface area contributed by atoms with Crippen molar-refractivity contribution >= 4 is 23.5 Å². The number of nitro groups is 1. The number of amides is 2. The van der Waals surface area contributed by atoms with Crippen LogP contribution in [-0.4, -0.2) is 52.3 Å². The smallest absolute Gasteiger partial charge is 0.335 e. The van der Waals surface area contributed by atoms with Gasteiger partial charge in [-0.3, -0.25) is 19.7 Å². The quantitative estimate of drug-likeness (QED) is 0.608. The van der Waals surface area contributed by atoms with Gasteiger partial charge in [0.1, 0.15) is 0 Å². The number of rotatable bonds is 5. The molecule has 2 N–H and O–H groups in total. The van der Waals surface area contributed by atoms with Crippen LogP contribution in [0.25, 0.3) is 0 Å². The van der Waals surface area contributed by atoms with E-state index in [-0.39, 0.29) is 23.0 Å². The van der Waals surface area contributed by atoms with E-state index < -0.39 is 22.5 Å². The molecule has 0 spiro atoms. The molecule has 1 aliphatic heterocycles. The van der Waals surface area contributed by atoms with Gasteiger partial charge < -0.3 is 15.3 Å². The zero-order valence-electron chi connectivity index (χ0n) is 13.7. The summed E-state index contributed by atoms with van der Waals surface area (Å²) in [6.45, 7) is 3.16. The molecule has 1 aliphatic rings. The summed E-state index contributed by atoms with van der Waals surface area (Å²) >= 11 is 0. The van der Waals surface area contributed by atoms with Crippen LogP contribution in [0.3, 0.4) is 0 Å². The third kappa shape index (κ3) is 4.75. The molecule has 0 saturated carbocycles. The van der Waals surface area contributed by atoms with Gasteiger partial charge in [-0.05, 0) is 24.8 Å². The molecule has 1 aromatic rings. The monoisotopic (exact) mass is 349 g/mol. The Morgan fingerprint density at radius 1 is 1.24 bits per heavy atom. The first-order valence-corrected chi connectivity index (χ1v) is 7.84. The Balaban J connectivity index is 2.00. The van der Waals surface area contributed by atoms with Gasteiger partial charge in [-0.2, -0.15) is 0 Å². The Hall–Kier alpha value is -2.97. The van der Waals surface area contributed by atoms with Gasteiger partial charge in [0.2, 0.25) is 5.91 Å². The molecular weight excluding hydrogens is 330 g/mol.